The topological polar surface area (TPSA) is 42.1 Å². The smallest absolute Gasteiger partial charge is 0.186 e. The standard InChI is InChI=1S/C8H12ClN3S/c9-7-5-13-8(11-7)12-3-1-6(10)2-4-12/h5-6H,1-4,10H2. The van der Waals surface area contributed by atoms with Gasteiger partial charge in [-0.2, -0.15) is 0 Å². The van der Waals surface area contributed by atoms with E-state index in [1.807, 2.05) is 5.38 Å². The first kappa shape index (κ1) is 9.24. The molecule has 1 saturated heterocycles. The molecule has 1 aromatic rings. The molecule has 0 radical (unpaired) electrons. The summed E-state index contributed by atoms with van der Waals surface area (Å²) in [6, 6.07) is 0.367. The monoisotopic (exact) mass is 217 g/mol. The number of aromatic nitrogens is 1. The van der Waals surface area contributed by atoms with Crippen molar-refractivity contribution in [3.63, 3.8) is 0 Å². The average molecular weight is 218 g/mol. The lowest BCUT2D eigenvalue weighted by Gasteiger charge is -2.29. The third kappa shape index (κ3) is 2.13. The second kappa shape index (κ2) is 3.82. The van der Waals surface area contributed by atoms with Crippen molar-refractivity contribution in [3.05, 3.63) is 10.5 Å². The number of rotatable bonds is 1. The molecule has 0 aliphatic carbocycles. The number of nitrogens with zero attached hydrogens (tertiary/aromatic N) is 2. The van der Waals surface area contributed by atoms with Crippen molar-refractivity contribution in [2.45, 2.75) is 18.9 Å². The minimum Gasteiger partial charge on any atom is -0.348 e. The molecule has 72 valence electrons. The van der Waals surface area contributed by atoms with E-state index in [0.29, 0.717) is 11.2 Å². The summed E-state index contributed by atoms with van der Waals surface area (Å²) in [6.07, 6.45) is 2.11. The summed E-state index contributed by atoms with van der Waals surface area (Å²) >= 11 is 7.36. The van der Waals surface area contributed by atoms with Crippen LogP contribution < -0.4 is 10.6 Å². The van der Waals surface area contributed by atoms with Gasteiger partial charge in [0.1, 0.15) is 5.15 Å². The van der Waals surface area contributed by atoms with Crippen molar-refractivity contribution < 1.29 is 0 Å². The largest absolute Gasteiger partial charge is 0.348 e. The van der Waals surface area contributed by atoms with Gasteiger partial charge in [0.25, 0.3) is 0 Å². The Balaban J connectivity index is 2.02. The molecular weight excluding hydrogens is 206 g/mol. The molecule has 1 fully saturated rings. The maximum Gasteiger partial charge on any atom is 0.186 e. The Bertz CT molecular complexity index is 281. The predicted octanol–water partition coefficient (Wildman–Crippen LogP) is 1.72. The van der Waals surface area contributed by atoms with Crippen LogP contribution in [0.3, 0.4) is 0 Å². The van der Waals surface area contributed by atoms with Crippen LogP contribution in [-0.2, 0) is 0 Å². The molecule has 2 heterocycles. The molecule has 3 nitrogen and oxygen atoms in total. The van der Waals surface area contributed by atoms with Gasteiger partial charge in [0.05, 0.1) is 0 Å². The summed E-state index contributed by atoms with van der Waals surface area (Å²) in [4.78, 5) is 6.48. The summed E-state index contributed by atoms with van der Waals surface area (Å²) in [6.45, 7) is 2.01. The van der Waals surface area contributed by atoms with Crippen molar-refractivity contribution in [3.8, 4) is 0 Å². The normalized spacial score (nSPS) is 19.4. The molecule has 0 aromatic carbocycles. The van der Waals surface area contributed by atoms with Crippen molar-refractivity contribution in [2.24, 2.45) is 5.73 Å². The van der Waals surface area contributed by atoms with Gasteiger partial charge in [-0.05, 0) is 12.8 Å². The quantitative estimate of drug-likeness (QED) is 0.779. The Hall–Kier alpha value is -0.320. The maximum absolute atomic E-state index is 5.81. The van der Waals surface area contributed by atoms with Crippen LogP contribution in [0.15, 0.2) is 5.38 Å². The van der Waals surface area contributed by atoms with E-state index in [2.05, 4.69) is 9.88 Å². The van der Waals surface area contributed by atoms with Gasteiger partial charge < -0.3 is 10.6 Å². The Labute approximate surface area is 86.5 Å². The average Bonchev–Trinajstić information content (AvgIpc) is 2.53. The number of piperidine rings is 1. The summed E-state index contributed by atoms with van der Waals surface area (Å²) in [5.41, 5.74) is 5.81. The van der Waals surface area contributed by atoms with E-state index in [4.69, 9.17) is 17.3 Å². The summed E-state index contributed by atoms with van der Waals surface area (Å²) in [5, 5.41) is 3.48. The second-order valence-corrected chi connectivity index (χ2v) is 4.50. The predicted molar refractivity (Wildman–Crippen MR) is 56.5 cm³/mol. The number of thiazole rings is 1. The van der Waals surface area contributed by atoms with Gasteiger partial charge in [0.2, 0.25) is 0 Å². The number of anilines is 1. The van der Waals surface area contributed by atoms with E-state index in [0.717, 1.165) is 31.1 Å². The molecule has 0 atom stereocenters. The molecule has 0 spiro atoms. The van der Waals surface area contributed by atoms with Crippen molar-refractivity contribution >= 4 is 28.1 Å². The highest BCUT2D eigenvalue weighted by atomic mass is 35.5. The van der Waals surface area contributed by atoms with Gasteiger partial charge in [-0.3, -0.25) is 0 Å². The van der Waals surface area contributed by atoms with Crippen molar-refractivity contribution in [1.82, 2.24) is 4.98 Å². The highest BCUT2D eigenvalue weighted by Crippen LogP contribution is 2.25. The number of nitrogens with two attached hydrogens (primary N) is 1. The second-order valence-electron chi connectivity index (χ2n) is 3.28. The molecule has 0 bridgehead atoms. The zero-order valence-corrected chi connectivity index (χ0v) is 8.81. The lowest BCUT2D eigenvalue weighted by molar-refractivity contribution is 0.501. The van der Waals surface area contributed by atoms with Gasteiger partial charge in [-0.1, -0.05) is 11.6 Å². The van der Waals surface area contributed by atoms with Crippen LogP contribution in [0.25, 0.3) is 0 Å². The third-order valence-electron chi connectivity index (χ3n) is 2.27. The highest BCUT2D eigenvalue weighted by Gasteiger charge is 2.18. The Morgan fingerprint density at radius 2 is 2.23 bits per heavy atom. The minimum atomic E-state index is 0.367. The van der Waals surface area contributed by atoms with Crippen LogP contribution in [0.4, 0.5) is 5.13 Å². The van der Waals surface area contributed by atoms with Crippen LogP contribution in [0, 0.1) is 0 Å². The molecule has 0 amide bonds. The molecule has 2 rings (SSSR count). The third-order valence-corrected chi connectivity index (χ3v) is 3.50. The fourth-order valence-electron chi connectivity index (χ4n) is 1.48. The minimum absolute atomic E-state index is 0.367. The lowest BCUT2D eigenvalue weighted by atomic mass is 10.1. The van der Waals surface area contributed by atoms with E-state index in [1.165, 1.54) is 0 Å². The molecule has 1 aromatic heterocycles. The van der Waals surface area contributed by atoms with Crippen LogP contribution in [0.2, 0.25) is 5.15 Å². The van der Waals surface area contributed by atoms with Gasteiger partial charge in [-0.25, -0.2) is 4.98 Å². The van der Waals surface area contributed by atoms with E-state index in [9.17, 15) is 0 Å². The first-order valence-corrected chi connectivity index (χ1v) is 5.63. The van der Waals surface area contributed by atoms with Gasteiger partial charge in [-0.15, -0.1) is 11.3 Å². The van der Waals surface area contributed by atoms with E-state index in [-0.39, 0.29) is 0 Å². The SMILES string of the molecule is NC1CCN(c2nc(Cl)cs2)CC1. The van der Waals surface area contributed by atoms with Gasteiger partial charge in [0.15, 0.2) is 5.13 Å². The summed E-state index contributed by atoms with van der Waals surface area (Å²) in [7, 11) is 0. The van der Waals surface area contributed by atoms with Gasteiger partial charge in [0, 0.05) is 24.5 Å². The molecule has 0 unspecified atom stereocenters. The maximum atomic E-state index is 5.81. The zero-order chi connectivity index (χ0) is 9.26. The van der Waals surface area contributed by atoms with Crippen LogP contribution in [-0.4, -0.2) is 24.1 Å². The van der Waals surface area contributed by atoms with Crippen LogP contribution in [0.1, 0.15) is 12.8 Å². The molecule has 5 heteroatoms. The Morgan fingerprint density at radius 1 is 1.54 bits per heavy atom. The number of halogens is 1. The first-order valence-electron chi connectivity index (χ1n) is 4.37. The number of hydrogen-bond acceptors (Lipinski definition) is 4. The molecular formula is C8H12ClN3S. The Kier molecular flexibility index (Phi) is 2.71. The summed E-state index contributed by atoms with van der Waals surface area (Å²) in [5.74, 6) is 0. The molecule has 2 N–H and O–H groups in total. The zero-order valence-electron chi connectivity index (χ0n) is 7.24. The van der Waals surface area contributed by atoms with Gasteiger partial charge >= 0.3 is 0 Å². The Morgan fingerprint density at radius 3 is 2.77 bits per heavy atom. The van der Waals surface area contributed by atoms with E-state index >= 15 is 0 Å². The first-order chi connectivity index (χ1) is 6.25. The van der Waals surface area contributed by atoms with Crippen LogP contribution >= 0.6 is 22.9 Å². The van der Waals surface area contributed by atoms with Crippen molar-refractivity contribution in [2.75, 3.05) is 18.0 Å². The summed E-state index contributed by atoms with van der Waals surface area (Å²) < 4.78 is 0. The number of hydrogen-bond donors (Lipinski definition) is 1. The molecule has 1 aliphatic heterocycles. The van der Waals surface area contributed by atoms with Crippen LogP contribution in [0.5, 0.6) is 0 Å². The highest BCUT2D eigenvalue weighted by molar-refractivity contribution is 7.14. The fourth-order valence-corrected chi connectivity index (χ4v) is 2.48. The molecule has 0 saturated carbocycles. The fraction of sp³-hybridized carbons (Fsp3) is 0.625. The molecule has 13 heavy (non-hydrogen) atoms. The molecule has 1 aliphatic rings. The van der Waals surface area contributed by atoms with Crippen molar-refractivity contribution in [1.29, 1.82) is 0 Å². The lowest BCUT2D eigenvalue weighted by Crippen LogP contribution is -2.39. The van der Waals surface area contributed by atoms with E-state index in [1.54, 1.807) is 11.3 Å². The van der Waals surface area contributed by atoms with E-state index < -0.39 is 0 Å².